The Balaban J connectivity index is 4.18. The molecule has 0 bridgehead atoms. The monoisotopic (exact) mass is 851 g/mol. The molecular weight excluding hydrogens is 756 g/mol. The third kappa shape index (κ3) is 44.3. The van der Waals surface area contributed by atoms with E-state index < -0.39 is 20.0 Å². The Morgan fingerprint density at radius 3 is 1.44 bits per heavy atom. The second kappa shape index (κ2) is 46.0. The van der Waals surface area contributed by atoms with Crippen molar-refractivity contribution in [3.63, 3.8) is 0 Å². The van der Waals surface area contributed by atoms with Crippen LogP contribution in [0.3, 0.4) is 0 Å². The first kappa shape index (κ1) is 57.5. The quantitative estimate of drug-likeness (QED) is 0.0272. The van der Waals surface area contributed by atoms with Crippen molar-refractivity contribution in [1.29, 1.82) is 0 Å². The number of nitrogens with two attached hydrogens (primary N) is 1. The molecule has 0 saturated heterocycles. The van der Waals surface area contributed by atoms with Gasteiger partial charge in [-0.05, 0) is 64.2 Å². The van der Waals surface area contributed by atoms with Crippen LogP contribution in [0.4, 0.5) is 0 Å². The first-order valence-corrected chi connectivity index (χ1v) is 26.3. The van der Waals surface area contributed by atoms with Crippen LogP contribution in [0.2, 0.25) is 0 Å². The molecule has 1 amide bonds. The second-order valence-corrected chi connectivity index (χ2v) is 18.1. The highest BCUT2D eigenvalue weighted by Crippen LogP contribution is 2.43. The fourth-order valence-electron chi connectivity index (χ4n) is 7.12. The van der Waals surface area contributed by atoms with Gasteiger partial charge in [0.1, 0.15) is 0 Å². The molecule has 5 N–H and O–H groups in total. The fourth-order valence-corrected chi connectivity index (χ4v) is 7.88. The van der Waals surface area contributed by atoms with E-state index in [9.17, 15) is 19.4 Å². The number of hydrogen-bond donors (Lipinski definition) is 4. The van der Waals surface area contributed by atoms with E-state index in [1.165, 1.54) is 167 Å². The van der Waals surface area contributed by atoms with E-state index in [4.69, 9.17) is 14.8 Å². The molecule has 8 nitrogen and oxygen atoms in total. The standard InChI is InChI=1S/C50H95N2O6P/c1-3-5-7-9-11-13-15-17-19-21-23-24-26-27-29-31-33-35-37-39-41-43-49(53)48(47-58-59(55,56)57-46-45-51)52-50(54)44-42-40-38-36-34-32-30-28-25-22-20-18-16-14-12-10-8-6-4-2/h12,14,18,20,33,35,41,43,48-49,53H,3-11,13,15-17,19,21-32,34,36-40,42,44-47,51H2,1-2H3,(H,52,54)(H,55,56)/b14-12-,20-18-,35-33+,43-41+. The van der Waals surface area contributed by atoms with Gasteiger partial charge in [-0.25, -0.2) is 4.57 Å². The Labute approximate surface area is 364 Å². The molecule has 0 fully saturated rings. The van der Waals surface area contributed by atoms with E-state index in [-0.39, 0.29) is 25.7 Å². The molecule has 0 aromatic rings. The zero-order valence-corrected chi connectivity index (χ0v) is 39.4. The lowest BCUT2D eigenvalue weighted by molar-refractivity contribution is -0.123. The van der Waals surface area contributed by atoms with Crippen LogP contribution in [-0.4, -0.2) is 47.8 Å². The highest BCUT2D eigenvalue weighted by atomic mass is 31.2. The average molecular weight is 851 g/mol. The number of nitrogens with one attached hydrogen (secondary N) is 1. The van der Waals surface area contributed by atoms with Gasteiger partial charge < -0.3 is 21.1 Å². The smallest absolute Gasteiger partial charge is 0.387 e. The molecule has 0 saturated carbocycles. The Hall–Kier alpha value is -1.54. The van der Waals surface area contributed by atoms with Crippen LogP contribution in [0.1, 0.15) is 232 Å². The molecule has 3 unspecified atom stereocenters. The number of aliphatic hydroxyl groups is 1. The largest absolute Gasteiger partial charge is 0.472 e. The van der Waals surface area contributed by atoms with Gasteiger partial charge in [-0.1, -0.05) is 210 Å². The lowest BCUT2D eigenvalue weighted by atomic mass is 10.0. The van der Waals surface area contributed by atoms with Crippen LogP contribution in [-0.2, 0) is 18.4 Å². The van der Waals surface area contributed by atoms with E-state index in [1.54, 1.807) is 6.08 Å². The summed E-state index contributed by atoms with van der Waals surface area (Å²) >= 11 is 0. The fraction of sp³-hybridized carbons (Fsp3) is 0.820. The number of carbonyl (C=O) groups is 1. The molecule has 9 heteroatoms. The van der Waals surface area contributed by atoms with Crippen molar-refractivity contribution in [1.82, 2.24) is 5.32 Å². The van der Waals surface area contributed by atoms with Gasteiger partial charge in [0.25, 0.3) is 0 Å². The van der Waals surface area contributed by atoms with Gasteiger partial charge in [-0.3, -0.25) is 13.8 Å². The lowest BCUT2D eigenvalue weighted by Gasteiger charge is -2.23. The number of aliphatic hydroxyl groups excluding tert-OH is 1. The van der Waals surface area contributed by atoms with E-state index in [2.05, 4.69) is 55.6 Å². The molecule has 0 heterocycles. The summed E-state index contributed by atoms with van der Waals surface area (Å²) in [5.41, 5.74) is 5.39. The summed E-state index contributed by atoms with van der Waals surface area (Å²) in [4.78, 5) is 22.8. The van der Waals surface area contributed by atoms with Gasteiger partial charge in [0.15, 0.2) is 0 Å². The molecule has 0 aliphatic heterocycles. The van der Waals surface area contributed by atoms with Crippen LogP contribution in [0.5, 0.6) is 0 Å². The third-order valence-corrected chi connectivity index (χ3v) is 11.9. The van der Waals surface area contributed by atoms with Crippen molar-refractivity contribution in [3.05, 3.63) is 48.6 Å². The number of allylic oxidation sites excluding steroid dienone is 7. The van der Waals surface area contributed by atoms with Gasteiger partial charge >= 0.3 is 7.82 Å². The van der Waals surface area contributed by atoms with Crippen molar-refractivity contribution in [2.45, 2.75) is 244 Å². The summed E-state index contributed by atoms with van der Waals surface area (Å²) in [5.74, 6) is -0.208. The number of phosphoric acid groups is 1. The molecule has 0 aliphatic carbocycles. The Morgan fingerprint density at radius 2 is 0.949 bits per heavy atom. The maximum Gasteiger partial charge on any atom is 0.472 e. The van der Waals surface area contributed by atoms with Crippen LogP contribution in [0.25, 0.3) is 0 Å². The summed E-state index contributed by atoms with van der Waals surface area (Å²) in [5, 5.41) is 13.7. The van der Waals surface area contributed by atoms with Crippen LogP contribution < -0.4 is 11.1 Å². The number of rotatable bonds is 46. The SMILES string of the molecule is CCCCC/C=C\C/C=C\CCCCCCCCCCCC(=O)NC(COP(=O)(O)OCCN)C(O)/C=C/CC/C=C/CCCCCCCCCCCCCCCCC. The maximum absolute atomic E-state index is 12.8. The normalized spacial score (nSPS) is 14.3. The molecule has 0 radical (unpaired) electrons. The Kier molecular flexibility index (Phi) is 44.8. The molecule has 0 spiro atoms. The van der Waals surface area contributed by atoms with E-state index in [1.807, 2.05) is 6.08 Å². The molecule has 3 atom stereocenters. The summed E-state index contributed by atoms with van der Waals surface area (Å²) < 4.78 is 22.2. The van der Waals surface area contributed by atoms with E-state index >= 15 is 0 Å². The topological polar surface area (TPSA) is 131 Å². The number of hydrogen-bond acceptors (Lipinski definition) is 6. The Bertz CT molecular complexity index is 1060. The molecule has 0 aromatic heterocycles. The number of amides is 1. The summed E-state index contributed by atoms with van der Waals surface area (Å²) in [6.45, 7) is 4.11. The second-order valence-electron chi connectivity index (χ2n) is 16.7. The van der Waals surface area contributed by atoms with Crippen LogP contribution in [0, 0.1) is 0 Å². The zero-order chi connectivity index (χ0) is 43.2. The van der Waals surface area contributed by atoms with E-state index in [0.29, 0.717) is 6.42 Å². The first-order chi connectivity index (χ1) is 28.9. The van der Waals surface area contributed by atoms with Gasteiger partial charge in [0.05, 0.1) is 25.4 Å². The van der Waals surface area contributed by atoms with Gasteiger partial charge in [-0.15, -0.1) is 0 Å². The average Bonchev–Trinajstić information content (AvgIpc) is 3.22. The lowest BCUT2D eigenvalue weighted by Crippen LogP contribution is -2.45. The molecule has 0 rings (SSSR count). The minimum absolute atomic E-state index is 0.0724. The van der Waals surface area contributed by atoms with Gasteiger partial charge in [0.2, 0.25) is 5.91 Å². The summed E-state index contributed by atoms with van der Waals surface area (Å²) in [6.07, 6.45) is 57.4. The third-order valence-electron chi connectivity index (χ3n) is 10.9. The molecule has 59 heavy (non-hydrogen) atoms. The molecule has 0 aromatic carbocycles. The highest BCUT2D eigenvalue weighted by Gasteiger charge is 2.26. The number of phosphoric ester groups is 1. The highest BCUT2D eigenvalue weighted by molar-refractivity contribution is 7.47. The molecule has 0 aliphatic rings. The van der Waals surface area contributed by atoms with Gasteiger partial charge in [0, 0.05) is 13.0 Å². The minimum atomic E-state index is -4.35. The predicted molar refractivity (Wildman–Crippen MR) is 254 cm³/mol. The number of carbonyl (C=O) groups excluding carboxylic acids is 1. The zero-order valence-electron chi connectivity index (χ0n) is 38.5. The Morgan fingerprint density at radius 1 is 0.559 bits per heavy atom. The van der Waals surface area contributed by atoms with Crippen molar-refractivity contribution >= 4 is 13.7 Å². The van der Waals surface area contributed by atoms with Crippen molar-refractivity contribution in [2.24, 2.45) is 5.73 Å². The van der Waals surface area contributed by atoms with Crippen molar-refractivity contribution < 1.29 is 28.4 Å². The molecular formula is C50H95N2O6P. The summed E-state index contributed by atoms with van der Waals surface area (Å²) in [6, 6.07) is -0.881. The maximum atomic E-state index is 12.8. The number of unbranched alkanes of at least 4 members (excludes halogenated alkanes) is 28. The van der Waals surface area contributed by atoms with Crippen molar-refractivity contribution in [3.8, 4) is 0 Å². The van der Waals surface area contributed by atoms with Crippen LogP contribution >= 0.6 is 7.82 Å². The van der Waals surface area contributed by atoms with Crippen molar-refractivity contribution in [2.75, 3.05) is 19.8 Å². The molecule has 346 valence electrons. The summed E-state index contributed by atoms with van der Waals surface area (Å²) in [7, 11) is -4.35. The minimum Gasteiger partial charge on any atom is -0.387 e. The van der Waals surface area contributed by atoms with Crippen LogP contribution in [0.15, 0.2) is 48.6 Å². The van der Waals surface area contributed by atoms with E-state index in [0.717, 1.165) is 44.9 Å². The predicted octanol–water partition coefficient (Wildman–Crippen LogP) is 14.5. The first-order valence-electron chi connectivity index (χ1n) is 24.8. The van der Waals surface area contributed by atoms with Gasteiger partial charge in [-0.2, -0.15) is 0 Å².